The van der Waals surface area contributed by atoms with Gasteiger partial charge in [0.15, 0.2) is 11.4 Å². The predicted molar refractivity (Wildman–Crippen MR) is 62.6 cm³/mol. The Hall–Kier alpha value is -2.33. The van der Waals surface area contributed by atoms with Crippen LogP contribution in [0.15, 0.2) is 18.3 Å². The van der Waals surface area contributed by atoms with E-state index in [9.17, 15) is 26.3 Å². The van der Waals surface area contributed by atoms with E-state index in [-0.39, 0.29) is 17.9 Å². The zero-order chi connectivity index (χ0) is 16.5. The van der Waals surface area contributed by atoms with Gasteiger partial charge in [-0.05, 0) is 12.1 Å². The maximum Gasteiger partial charge on any atom is 0.435 e. The van der Waals surface area contributed by atoms with Crippen LogP contribution in [0.5, 0.6) is 0 Å². The Morgan fingerprint density at radius 2 is 1.73 bits per heavy atom. The molecule has 0 saturated heterocycles. The van der Waals surface area contributed by atoms with Gasteiger partial charge in [-0.2, -0.15) is 31.4 Å². The smallest absolute Gasteiger partial charge is 0.364 e. The molecule has 5 nitrogen and oxygen atoms in total. The molecule has 0 aromatic carbocycles. The van der Waals surface area contributed by atoms with Crippen LogP contribution in [0.3, 0.4) is 0 Å². The van der Waals surface area contributed by atoms with Gasteiger partial charge in [0, 0.05) is 25.4 Å². The fraction of sp³-hybridized carbons (Fsp3) is 0.364. The molecule has 0 spiro atoms. The van der Waals surface area contributed by atoms with E-state index < -0.39 is 23.7 Å². The second-order valence-corrected chi connectivity index (χ2v) is 4.33. The number of halogens is 6. The second-order valence-electron chi connectivity index (χ2n) is 4.33. The summed E-state index contributed by atoms with van der Waals surface area (Å²) in [5.74, 6) is -0.0787. The number of hydrogen-bond donors (Lipinski definition) is 1. The Labute approximate surface area is 120 Å². The number of anilines is 1. The molecule has 0 fully saturated rings. The van der Waals surface area contributed by atoms with Crippen molar-refractivity contribution in [3.8, 4) is 0 Å². The van der Waals surface area contributed by atoms with Crippen LogP contribution < -0.4 is 5.32 Å². The van der Waals surface area contributed by atoms with Crippen molar-refractivity contribution in [1.29, 1.82) is 0 Å². The Kier molecular flexibility index (Phi) is 3.98. The maximum atomic E-state index is 12.7. The lowest BCUT2D eigenvalue weighted by Crippen LogP contribution is -2.13. The van der Waals surface area contributed by atoms with Crippen LogP contribution in [-0.2, 0) is 25.9 Å². The molecule has 22 heavy (non-hydrogen) atoms. The first-order chi connectivity index (χ1) is 10.1. The van der Waals surface area contributed by atoms with Gasteiger partial charge in [-0.3, -0.25) is 4.68 Å². The van der Waals surface area contributed by atoms with Crippen LogP contribution >= 0.6 is 0 Å². The van der Waals surface area contributed by atoms with E-state index in [0.29, 0.717) is 6.07 Å². The summed E-state index contributed by atoms with van der Waals surface area (Å²) in [4.78, 5) is 0. The van der Waals surface area contributed by atoms with Crippen LogP contribution in [0.1, 0.15) is 17.0 Å². The van der Waals surface area contributed by atoms with Crippen molar-refractivity contribution < 1.29 is 26.3 Å². The summed E-state index contributed by atoms with van der Waals surface area (Å²) in [7, 11) is 1.33. The van der Waals surface area contributed by atoms with Gasteiger partial charge in [-0.1, -0.05) is 0 Å². The van der Waals surface area contributed by atoms with Crippen molar-refractivity contribution in [2.75, 3.05) is 5.32 Å². The number of alkyl halides is 6. The molecule has 0 aliphatic rings. The summed E-state index contributed by atoms with van der Waals surface area (Å²) in [5.41, 5.74) is -2.41. The molecule has 0 atom stereocenters. The molecule has 0 aliphatic heterocycles. The first-order valence-corrected chi connectivity index (χ1v) is 5.82. The van der Waals surface area contributed by atoms with E-state index in [0.717, 1.165) is 16.9 Å². The van der Waals surface area contributed by atoms with E-state index in [1.54, 1.807) is 0 Å². The molecule has 0 saturated carbocycles. The zero-order valence-corrected chi connectivity index (χ0v) is 11.0. The second kappa shape index (κ2) is 5.46. The monoisotopic (exact) mass is 325 g/mol. The molecule has 1 N–H and O–H groups in total. The average molecular weight is 325 g/mol. The summed E-state index contributed by atoms with van der Waals surface area (Å²) in [6, 6.07) is 1.67. The number of nitrogens with one attached hydrogen (secondary N) is 1. The summed E-state index contributed by atoms with van der Waals surface area (Å²) >= 11 is 0. The van der Waals surface area contributed by atoms with Crippen molar-refractivity contribution in [3.05, 3.63) is 35.3 Å². The minimum atomic E-state index is -4.63. The predicted octanol–water partition coefficient (Wildman–Crippen LogP) is 2.86. The first kappa shape index (κ1) is 16.0. The third-order valence-electron chi connectivity index (χ3n) is 2.59. The molecule has 11 heteroatoms. The molecule has 120 valence electrons. The number of rotatable bonds is 3. The van der Waals surface area contributed by atoms with Gasteiger partial charge in [-0.15, -0.1) is 10.2 Å². The largest absolute Gasteiger partial charge is 0.435 e. The lowest BCUT2D eigenvalue weighted by atomic mass is 10.2. The number of nitrogens with zero attached hydrogens (tertiary/aromatic N) is 4. The quantitative estimate of drug-likeness (QED) is 0.882. The minimum Gasteiger partial charge on any atom is -0.364 e. The van der Waals surface area contributed by atoms with Crippen LogP contribution in [0.25, 0.3) is 0 Å². The van der Waals surface area contributed by atoms with Gasteiger partial charge in [0.25, 0.3) is 0 Å². The van der Waals surface area contributed by atoms with Gasteiger partial charge < -0.3 is 5.32 Å². The van der Waals surface area contributed by atoms with E-state index in [4.69, 9.17) is 0 Å². The van der Waals surface area contributed by atoms with E-state index in [1.807, 2.05) is 0 Å². The highest BCUT2D eigenvalue weighted by Gasteiger charge is 2.37. The van der Waals surface area contributed by atoms with Crippen molar-refractivity contribution in [3.63, 3.8) is 0 Å². The number of aryl methyl sites for hydroxylation is 1. The van der Waals surface area contributed by atoms with Crippen molar-refractivity contribution in [1.82, 2.24) is 20.0 Å². The normalized spacial score (nSPS) is 12.5. The summed E-state index contributed by atoms with van der Waals surface area (Å²) < 4.78 is 76.0. The molecule has 2 heterocycles. The molecule has 0 unspecified atom stereocenters. The highest BCUT2D eigenvalue weighted by atomic mass is 19.4. The van der Waals surface area contributed by atoms with Gasteiger partial charge >= 0.3 is 12.4 Å². The zero-order valence-electron chi connectivity index (χ0n) is 11.0. The third kappa shape index (κ3) is 3.65. The van der Waals surface area contributed by atoms with Crippen molar-refractivity contribution in [2.24, 2.45) is 7.05 Å². The number of hydrogen-bond acceptors (Lipinski definition) is 4. The maximum absolute atomic E-state index is 12.7. The van der Waals surface area contributed by atoms with Gasteiger partial charge in [0.1, 0.15) is 5.82 Å². The van der Waals surface area contributed by atoms with E-state index >= 15 is 0 Å². The van der Waals surface area contributed by atoms with Gasteiger partial charge in [0.2, 0.25) is 0 Å². The minimum absolute atomic E-state index is 0.0787. The van der Waals surface area contributed by atoms with Crippen molar-refractivity contribution >= 4 is 5.82 Å². The Balaban J connectivity index is 2.11. The van der Waals surface area contributed by atoms with Crippen LogP contribution in [0.2, 0.25) is 0 Å². The lowest BCUT2D eigenvalue weighted by molar-refractivity contribution is -0.142. The summed E-state index contributed by atoms with van der Waals surface area (Å²) in [5, 5.41) is 12.0. The van der Waals surface area contributed by atoms with Crippen LogP contribution in [0.4, 0.5) is 32.2 Å². The average Bonchev–Trinajstić information content (AvgIpc) is 2.77. The molecule has 0 bridgehead atoms. The van der Waals surface area contributed by atoms with E-state index in [2.05, 4.69) is 20.6 Å². The summed E-state index contributed by atoms with van der Waals surface area (Å²) in [6.45, 7) is -0.303. The SMILES string of the molecule is Cn1cc(CNc2ccc(C(F)(F)F)nn2)c(C(F)(F)F)n1. The molecule has 0 radical (unpaired) electrons. The molecule has 2 aromatic heterocycles. The molecular weight excluding hydrogens is 316 g/mol. The van der Waals surface area contributed by atoms with Gasteiger partial charge in [0.05, 0.1) is 0 Å². The lowest BCUT2D eigenvalue weighted by Gasteiger charge is -2.08. The third-order valence-corrected chi connectivity index (χ3v) is 2.59. The molecule has 0 aliphatic carbocycles. The fourth-order valence-corrected chi connectivity index (χ4v) is 1.67. The molecule has 0 amide bonds. The van der Waals surface area contributed by atoms with E-state index in [1.165, 1.54) is 7.05 Å². The Morgan fingerprint density at radius 3 is 2.23 bits per heavy atom. The Morgan fingerprint density at radius 1 is 1.05 bits per heavy atom. The van der Waals surface area contributed by atoms with Crippen LogP contribution in [0, 0.1) is 0 Å². The number of aromatic nitrogens is 4. The standard InChI is InChI=1S/C11H9F6N5/c1-22-5-6(9(21-22)11(15,16)17)4-18-8-3-2-7(19-20-8)10(12,13)14/h2-3,5H,4H2,1H3,(H,18,20). The van der Waals surface area contributed by atoms with Gasteiger partial charge in [-0.25, -0.2) is 0 Å². The Bertz CT molecular complexity index is 642. The first-order valence-electron chi connectivity index (χ1n) is 5.82. The van der Waals surface area contributed by atoms with Crippen LogP contribution in [-0.4, -0.2) is 20.0 Å². The topological polar surface area (TPSA) is 55.6 Å². The van der Waals surface area contributed by atoms with Crippen molar-refractivity contribution in [2.45, 2.75) is 18.9 Å². The molecule has 2 aromatic rings. The fourth-order valence-electron chi connectivity index (χ4n) is 1.67. The summed E-state index contributed by atoms with van der Waals surface area (Å²) in [6.07, 6.45) is -8.09. The molecular formula is C11H9F6N5. The molecule has 2 rings (SSSR count). The highest BCUT2D eigenvalue weighted by Crippen LogP contribution is 2.31. The highest BCUT2D eigenvalue weighted by molar-refractivity contribution is 5.35.